The Labute approximate surface area is 285 Å². The molecule has 2 fully saturated rings. The molecule has 262 valence electrons. The molecule has 8 nitrogen and oxygen atoms in total. The van der Waals surface area contributed by atoms with E-state index in [0.717, 1.165) is 30.2 Å². The third kappa shape index (κ3) is 10.1. The molecule has 1 heterocycles. The van der Waals surface area contributed by atoms with Crippen LogP contribution >= 0.6 is 0 Å². The van der Waals surface area contributed by atoms with Crippen molar-refractivity contribution in [3.05, 3.63) is 101 Å². The summed E-state index contributed by atoms with van der Waals surface area (Å²) in [5.41, 5.74) is 1.00. The van der Waals surface area contributed by atoms with E-state index in [9.17, 15) is 27.6 Å². The first-order chi connectivity index (χ1) is 23.5. The van der Waals surface area contributed by atoms with Crippen molar-refractivity contribution < 1.29 is 32.3 Å². The Morgan fingerprint density at radius 2 is 1.65 bits per heavy atom. The predicted molar refractivity (Wildman–Crippen MR) is 180 cm³/mol. The lowest BCUT2D eigenvalue weighted by molar-refractivity contribution is -0.143. The summed E-state index contributed by atoms with van der Waals surface area (Å²) < 4.78 is 47.7. The number of aryl methyl sites for hydroxylation is 1. The smallest absolute Gasteiger partial charge is 0.249 e. The highest BCUT2D eigenvalue weighted by atomic mass is 19.1. The van der Waals surface area contributed by atoms with Crippen LogP contribution < -0.4 is 20.7 Å². The minimum absolute atomic E-state index is 0.156. The van der Waals surface area contributed by atoms with Gasteiger partial charge in [-0.15, -0.1) is 0 Å². The number of benzene rings is 3. The average molecular weight is 679 g/mol. The van der Waals surface area contributed by atoms with E-state index >= 15 is 0 Å². The number of ether oxygens (including phenoxy) is 1. The molecule has 0 radical (unpaired) electrons. The highest BCUT2D eigenvalue weighted by Crippen LogP contribution is 2.41. The standard InChI is InChI=1S/C38H45F3N4O4/c1-25(46)44-38(23-27-9-10-27)14-16-45(37(38)48)35(12-11-26-5-3-7-30(39)17-26)36(47)43-33(20-29-18-31(40)22-32(41)19-29)13-15-42-24-28-6-4-8-34(21-28)49-2/h3-8,17-19,21-22,27,33,35,42H,9-16,20,23-24H2,1-2H3,(H,43,47)(H,44,46)/t33-,35+,38+/m1/s1. The van der Waals surface area contributed by atoms with Crippen molar-refractivity contribution in [3.8, 4) is 5.75 Å². The molecule has 0 aromatic heterocycles. The fourth-order valence-electron chi connectivity index (χ4n) is 6.85. The summed E-state index contributed by atoms with van der Waals surface area (Å²) in [4.78, 5) is 42.2. The van der Waals surface area contributed by atoms with Gasteiger partial charge in [0.2, 0.25) is 17.7 Å². The van der Waals surface area contributed by atoms with Crippen LogP contribution in [0.3, 0.4) is 0 Å². The molecule has 11 heteroatoms. The van der Waals surface area contributed by atoms with Crippen LogP contribution in [0.15, 0.2) is 66.7 Å². The van der Waals surface area contributed by atoms with Gasteiger partial charge in [0.1, 0.15) is 34.8 Å². The molecule has 0 unspecified atom stereocenters. The van der Waals surface area contributed by atoms with Gasteiger partial charge in [0.25, 0.3) is 0 Å². The second kappa shape index (κ2) is 16.3. The quantitative estimate of drug-likeness (QED) is 0.170. The third-order valence-electron chi connectivity index (χ3n) is 9.36. The van der Waals surface area contributed by atoms with Crippen LogP contribution in [0.2, 0.25) is 0 Å². The van der Waals surface area contributed by atoms with Crippen LogP contribution in [-0.4, -0.2) is 60.4 Å². The lowest BCUT2D eigenvalue weighted by atomic mass is 9.90. The zero-order valence-corrected chi connectivity index (χ0v) is 28.1. The lowest BCUT2D eigenvalue weighted by Crippen LogP contribution is -2.57. The molecule has 3 aromatic rings. The van der Waals surface area contributed by atoms with Gasteiger partial charge in [0.15, 0.2) is 0 Å². The van der Waals surface area contributed by atoms with Crippen molar-refractivity contribution in [2.24, 2.45) is 5.92 Å². The van der Waals surface area contributed by atoms with Crippen LogP contribution in [-0.2, 0) is 33.8 Å². The fourth-order valence-corrected chi connectivity index (χ4v) is 6.85. The maximum Gasteiger partial charge on any atom is 0.249 e. The number of rotatable bonds is 17. The summed E-state index contributed by atoms with van der Waals surface area (Å²) in [7, 11) is 1.60. The van der Waals surface area contributed by atoms with Crippen molar-refractivity contribution in [1.82, 2.24) is 20.9 Å². The van der Waals surface area contributed by atoms with Crippen molar-refractivity contribution >= 4 is 17.7 Å². The monoisotopic (exact) mass is 678 g/mol. The molecule has 3 N–H and O–H groups in total. The van der Waals surface area contributed by atoms with Crippen molar-refractivity contribution in [3.63, 3.8) is 0 Å². The normalized spacial score (nSPS) is 18.6. The second-order valence-electron chi connectivity index (χ2n) is 13.3. The van der Waals surface area contributed by atoms with Gasteiger partial charge in [-0.05, 0) is 104 Å². The summed E-state index contributed by atoms with van der Waals surface area (Å²) in [5.74, 6) is -1.75. The highest BCUT2D eigenvalue weighted by Gasteiger charge is 2.52. The van der Waals surface area contributed by atoms with Gasteiger partial charge in [-0.2, -0.15) is 0 Å². The van der Waals surface area contributed by atoms with Gasteiger partial charge in [-0.1, -0.05) is 37.1 Å². The molecule has 1 saturated carbocycles. The first-order valence-corrected chi connectivity index (χ1v) is 17.0. The van der Waals surface area contributed by atoms with E-state index in [1.807, 2.05) is 24.3 Å². The molecule has 2 aliphatic rings. The second-order valence-corrected chi connectivity index (χ2v) is 13.3. The van der Waals surface area contributed by atoms with Crippen LogP contribution in [0.1, 0.15) is 62.1 Å². The number of carbonyl (C=O) groups is 3. The summed E-state index contributed by atoms with van der Waals surface area (Å²) in [6, 6.07) is 15.6. The zero-order chi connectivity index (χ0) is 35.0. The van der Waals surface area contributed by atoms with Crippen LogP contribution in [0.5, 0.6) is 5.75 Å². The molecule has 1 saturated heterocycles. The first kappa shape index (κ1) is 35.9. The predicted octanol–water partition coefficient (Wildman–Crippen LogP) is 5.23. The number of hydrogen-bond donors (Lipinski definition) is 3. The molecule has 3 amide bonds. The first-order valence-electron chi connectivity index (χ1n) is 17.0. The van der Waals surface area contributed by atoms with E-state index in [1.54, 1.807) is 24.1 Å². The van der Waals surface area contributed by atoms with Crippen molar-refractivity contribution in [1.29, 1.82) is 0 Å². The number of hydrogen-bond acceptors (Lipinski definition) is 5. The molecule has 0 spiro atoms. The number of methoxy groups -OCH3 is 1. The summed E-state index contributed by atoms with van der Waals surface area (Å²) in [6.45, 7) is 2.68. The minimum atomic E-state index is -1.08. The largest absolute Gasteiger partial charge is 0.497 e. The van der Waals surface area contributed by atoms with E-state index in [-0.39, 0.29) is 31.2 Å². The van der Waals surface area contributed by atoms with E-state index in [2.05, 4.69) is 16.0 Å². The Bertz CT molecular complexity index is 1610. The third-order valence-corrected chi connectivity index (χ3v) is 9.36. The number of amides is 3. The highest BCUT2D eigenvalue weighted by molar-refractivity contribution is 5.96. The van der Waals surface area contributed by atoms with Crippen LogP contribution in [0.4, 0.5) is 13.2 Å². The number of halogens is 3. The van der Waals surface area contributed by atoms with Crippen LogP contribution in [0.25, 0.3) is 0 Å². The molecule has 1 aliphatic carbocycles. The summed E-state index contributed by atoms with van der Waals surface area (Å²) >= 11 is 0. The Morgan fingerprint density at radius 3 is 2.35 bits per heavy atom. The maximum atomic E-state index is 14.2. The van der Waals surface area contributed by atoms with Crippen molar-refractivity contribution in [2.45, 2.75) is 82.5 Å². The molecular formula is C38H45F3N4O4. The molecule has 5 rings (SSSR count). The molecule has 1 aliphatic heterocycles. The summed E-state index contributed by atoms with van der Waals surface area (Å²) in [5, 5.41) is 9.38. The Morgan fingerprint density at radius 1 is 0.939 bits per heavy atom. The number of nitrogens with one attached hydrogen (secondary N) is 3. The van der Waals surface area contributed by atoms with Crippen LogP contribution in [0, 0.1) is 23.4 Å². The van der Waals surface area contributed by atoms with Crippen molar-refractivity contribution in [2.75, 3.05) is 20.2 Å². The molecule has 49 heavy (non-hydrogen) atoms. The number of likely N-dealkylation sites (tertiary alicyclic amines) is 1. The number of carbonyl (C=O) groups excluding carboxylic acids is 3. The van der Waals surface area contributed by atoms with Gasteiger partial charge < -0.3 is 25.6 Å². The Kier molecular flexibility index (Phi) is 12.0. The zero-order valence-electron chi connectivity index (χ0n) is 28.1. The topological polar surface area (TPSA) is 99.8 Å². The van der Waals surface area contributed by atoms with Gasteiger partial charge in [0.05, 0.1) is 7.11 Å². The molecule has 3 aromatic carbocycles. The van der Waals surface area contributed by atoms with Gasteiger partial charge in [0, 0.05) is 32.1 Å². The van der Waals surface area contributed by atoms with E-state index in [0.29, 0.717) is 55.8 Å². The molecule has 0 bridgehead atoms. The fraction of sp³-hybridized carbons (Fsp3) is 0.447. The number of nitrogens with zero attached hydrogens (tertiary/aromatic N) is 1. The molecule has 3 atom stereocenters. The Hall–Kier alpha value is -4.38. The average Bonchev–Trinajstić information content (AvgIpc) is 3.81. The minimum Gasteiger partial charge on any atom is -0.497 e. The van der Waals surface area contributed by atoms with E-state index < -0.39 is 41.0 Å². The Balaban J connectivity index is 1.35. The van der Waals surface area contributed by atoms with E-state index in [1.165, 1.54) is 31.2 Å². The van der Waals surface area contributed by atoms with Gasteiger partial charge >= 0.3 is 0 Å². The van der Waals surface area contributed by atoms with Gasteiger partial charge in [-0.25, -0.2) is 13.2 Å². The van der Waals surface area contributed by atoms with Gasteiger partial charge in [-0.3, -0.25) is 14.4 Å². The SMILES string of the molecule is COc1cccc(CNCC[C@H](Cc2cc(F)cc(F)c2)NC(=O)[C@H](CCc2cccc(F)c2)N2CC[C@@](CC3CC3)(NC(C)=O)C2=O)c1. The summed E-state index contributed by atoms with van der Waals surface area (Å²) in [6.07, 6.45) is 4.02. The maximum absolute atomic E-state index is 14.2. The van der Waals surface area contributed by atoms with E-state index in [4.69, 9.17) is 4.74 Å². The lowest BCUT2D eigenvalue weighted by Gasteiger charge is -2.33. The molecular weight excluding hydrogens is 633 g/mol.